The van der Waals surface area contributed by atoms with Gasteiger partial charge >= 0.3 is 0 Å². The van der Waals surface area contributed by atoms with Crippen LogP contribution < -0.4 is 10.5 Å². The highest BCUT2D eigenvalue weighted by Crippen LogP contribution is 2.44. The first-order chi connectivity index (χ1) is 9.70. The Morgan fingerprint density at radius 3 is 2.85 bits per heavy atom. The fourth-order valence-electron chi connectivity index (χ4n) is 2.90. The Balaban J connectivity index is 1.92. The van der Waals surface area contributed by atoms with Gasteiger partial charge in [-0.15, -0.1) is 0 Å². The molecule has 3 heteroatoms. The van der Waals surface area contributed by atoms with Gasteiger partial charge in [-0.3, -0.25) is 0 Å². The monoisotopic (exact) mass is 331 g/mol. The molecule has 0 spiro atoms. The lowest BCUT2D eigenvalue weighted by Crippen LogP contribution is -2.29. The maximum Gasteiger partial charge on any atom is 0.124 e. The van der Waals surface area contributed by atoms with E-state index in [1.165, 1.54) is 11.1 Å². The Bertz CT molecular complexity index is 626. The fourth-order valence-corrected chi connectivity index (χ4v) is 3.28. The molecule has 1 aliphatic carbocycles. The molecule has 2 unspecified atom stereocenters. The van der Waals surface area contributed by atoms with Crippen LogP contribution in [0, 0.1) is 0 Å². The number of rotatable bonds is 4. The molecule has 2 aromatic rings. The molecular weight excluding hydrogens is 314 g/mol. The van der Waals surface area contributed by atoms with Crippen LogP contribution in [0.15, 0.2) is 46.9 Å². The van der Waals surface area contributed by atoms with E-state index in [2.05, 4.69) is 46.3 Å². The van der Waals surface area contributed by atoms with Gasteiger partial charge in [0.15, 0.2) is 0 Å². The van der Waals surface area contributed by atoms with Gasteiger partial charge in [-0.2, -0.15) is 0 Å². The molecule has 0 amide bonds. The summed E-state index contributed by atoms with van der Waals surface area (Å²) in [6.45, 7) is 2.65. The number of ether oxygens (including phenoxy) is 1. The van der Waals surface area contributed by atoms with Gasteiger partial charge in [-0.05, 0) is 42.7 Å². The predicted octanol–water partition coefficient (Wildman–Crippen LogP) is 4.19. The third-order valence-corrected chi connectivity index (χ3v) is 4.45. The van der Waals surface area contributed by atoms with Gasteiger partial charge in [0.2, 0.25) is 0 Å². The molecule has 0 heterocycles. The highest BCUT2D eigenvalue weighted by molar-refractivity contribution is 9.10. The highest BCUT2D eigenvalue weighted by Gasteiger charge is 2.32. The lowest BCUT2D eigenvalue weighted by atomic mass is 9.72. The molecule has 0 fully saturated rings. The summed E-state index contributed by atoms with van der Waals surface area (Å²) in [7, 11) is 0. The lowest BCUT2D eigenvalue weighted by Gasteiger charge is -2.35. The van der Waals surface area contributed by atoms with Crippen LogP contribution in [-0.4, -0.2) is 6.61 Å². The lowest BCUT2D eigenvalue weighted by molar-refractivity contribution is 0.330. The maximum atomic E-state index is 6.51. The van der Waals surface area contributed by atoms with Crippen molar-refractivity contribution in [1.29, 1.82) is 0 Å². The number of hydrogen-bond donors (Lipinski definition) is 1. The van der Waals surface area contributed by atoms with Crippen molar-refractivity contribution in [3.63, 3.8) is 0 Å². The molecule has 3 rings (SSSR count). The molecule has 20 heavy (non-hydrogen) atoms. The summed E-state index contributed by atoms with van der Waals surface area (Å²) in [4.78, 5) is 0. The average Bonchev–Trinajstić information content (AvgIpc) is 2.42. The smallest absolute Gasteiger partial charge is 0.124 e. The van der Waals surface area contributed by atoms with E-state index in [1.807, 2.05) is 19.1 Å². The molecule has 2 aromatic carbocycles. The summed E-state index contributed by atoms with van der Waals surface area (Å²) in [5.41, 5.74) is 10.4. The zero-order valence-corrected chi connectivity index (χ0v) is 13.1. The second kappa shape index (κ2) is 5.58. The van der Waals surface area contributed by atoms with Crippen molar-refractivity contribution in [2.75, 3.05) is 6.61 Å². The highest BCUT2D eigenvalue weighted by atomic mass is 79.9. The van der Waals surface area contributed by atoms with Crippen molar-refractivity contribution < 1.29 is 4.74 Å². The summed E-state index contributed by atoms with van der Waals surface area (Å²) >= 11 is 3.53. The molecule has 0 saturated carbocycles. The minimum atomic E-state index is -0.0241. The molecular formula is C17H18BrNO. The Hall–Kier alpha value is -1.32. The standard InChI is InChI=1S/C17H18BrNO/c1-2-20-16-8-7-12(18)10-15(16)17(19)14-9-11-5-3-4-6-13(11)14/h3-8,10,14,17H,2,9,19H2,1H3. The van der Waals surface area contributed by atoms with E-state index in [0.29, 0.717) is 12.5 Å². The largest absolute Gasteiger partial charge is 0.494 e. The maximum absolute atomic E-state index is 6.51. The minimum Gasteiger partial charge on any atom is -0.494 e. The van der Waals surface area contributed by atoms with E-state index >= 15 is 0 Å². The number of benzene rings is 2. The van der Waals surface area contributed by atoms with E-state index in [1.54, 1.807) is 0 Å². The molecule has 0 aromatic heterocycles. The molecule has 0 saturated heterocycles. The van der Waals surface area contributed by atoms with Gasteiger partial charge in [-0.1, -0.05) is 40.2 Å². The summed E-state index contributed by atoms with van der Waals surface area (Å²) in [5.74, 6) is 1.28. The van der Waals surface area contributed by atoms with E-state index in [-0.39, 0.29) is 6.04 Å². The van der Waals surface area contributed by atoms with Crippen molar-refractivity contribution in [1.82, 2.24) is 0 Å². The van der Waals surface area contributed by atoms with Crippen LogP contribution in [-0.2, 0) is 6.42 Å². The third-order valence-electron chi connectivity index (χ3n) is 3.96. The van der Waals surface area contributed by atoms with Crippen LogP contribution in [0.5, 0.6) is 5.75 Å². The average molecular weight is 332 g/mol. The van der Waals surface area contributed by atoms with Crippen molar-refractivity contribution in [2.45, 2.75) is 25.3 Å². The fraction of sp³-hybridized carbons (Fsp3) is 0.294. The number of nitrogens with two attached hydrogens (primary N) is 1. The topological polar surface area (TPSA) is 35.2 Å². The molecule has 0 aliphatic heterocycles. The van der Waals surface area contributed by atoms with Crippen LogP contribution in [0.1, 0.15) is 35.6 Å². The Labute approximate surface area is 128 Å². The van der Waals surface area contributed by atoms with Gasteiger partial charge in [-0.25, -0.2) is 0 Å². The van der Waals surface area contributed by atoms with E-state index in [4.69, 9.17) is 10.5 Å². The molecule has 0 bridgehead atoms. The molecule has 0 radical (unpaired) electrons. The van der Waals surface area contributed by atoms with Crippen LogP contribution in [0.2, 0.25) is 0 Å². The molecule has 2 N–H and O–H groups in total. The predicted molar refractivity (Wildman–Crippen MR) is 85.1 cm³/mol. The van der Waals surface area contributed by atoms with Crippen molar-refractivity contribution in [3.8, 4) is 5.75 Å². The van der Waals surface area contributed by atoms with Crippen molar-refractivity contribution in [3.05, 3.63) is 63.6 Å². The van der Waals surface area contributed by atoms with Gasteiger partial charge in [0.05, 0.1) is 6.61 Å². The number of fused-ring (bicyclic) bond motifs is 1. The Kier molecular flexibility index (Phi) is 3.81. The minimum absolute atomic E-state index is 0.0241. The van der Waals surface area contributed by atoms with Crippen LogP contribution in [0.25, 0.3) is 0 Å². The van der Waals surface area contributed by atoms with Crippen molar-refractivity contribution in [2.24, 2.45) is 5.73 Å². The summed E-state index contributed by atoms with van der Waals surface area (Å²) < 4.78 is 6.76. The van der Waals surface area contributed by atoms with Gasteiger partial charge in [0.1, 0.15) is 5.75 Å². The van der Waals surface area contributed by atoms with Gasteiger partial charge in [0, 0.05) is 22.0 Å². The van der Waals surface area contributed by atoms with E-state index < -0.39 is 0 Å². The Morgan fingerprint density at radius 1 is 1.30 bits per heavy atom. The second-order valence-electron chi connectivity index (χ2n) is 5.15. The number of halogens is 1. The van der Waals surface area contributed by atoms with Crippen LogP contribution >= 0.6 is 15.9 Å². The first kappa shape index (κ1) is 13.7. The second-order valence-corrected chi connectivity index (χ2v) is 6.07. The van der Waals surface area contributed by atoms with E-state index in [0.717, 1.165) is 22.2 Å². The first-order valence-electron chi connectivity index (χ1n) is 6.96. The quantitative estimate of drug-likeness (QED) is 0.911. The van der Waals surface area contributed by atoms with Gasteiger partial charge in [0.25, 0.3) is 0 Å². The molecule has 1 aliphatic rings. The Morgan fingerprint density at radius 2 is 2.10 bits per heavy atom. The molecule has 2 nitrogen and oxygen atoms in total. The molecule has 104 valence electrons. The number of hydrogen-bond acceptors (Lipinski definition) is 2. The van der Waals surface area contributed by atoms with Crippen molar-refractivity contribution >= 4 is 15.9 Å². The first-order valence-corrected chi connectivity index (χ1v) is 7.75. The van der Waals surface area contributed by atoms with Crippen LogP contribution in [0.3, 0.4) is 0 Å². The zero-order chi connectivity index (χ0) is 14.1. The SMILES string of the molecule is CCOc1ccc(Br)cc1C(N)C1Cc2ccccc21. The van der Waals surface area contributed by atoms with Gasteiger partial charge < -0.3 is 10.5 Å². The zero-order valence-electron chi connectivity index (χ0n) is 11.5. The summed E-state index contributed by atoms with van der Waals surface area (Å²) in [5, 5.41) is 0. The van der Waals surface area contributed by atoms with Crippen LogP contribution in [0.4, 0.5) is 0 Å². The summed E-state index contributed by atoms with van der Waals surface area (Å²) in [6.07, 6.45) is 1.05. The third kappa shape index (κ3) is 2.36. The molecule has 2 atom stereocenters. The normalized spacial score (nSPS) is 18.1. The van der Waals surface area contributed by atoms with E-state index in [9.17, 15) is 0 Å². The summed E-state index contributed by atoms with van der Waals surface area (Å²) in [6, 6.07) is 14.6.